The predicted octanol–water partition coefficient (Wildman–Crippen LogP) is 3.48. The van der Waals surface area contributed by atoms with Gasteiger partial charge in [0.25, 0.3) is 5.69 Å². The van der Waals surface area contributed by atoms with Crippen molar-refractivity contribution in [2.45, 2.75) is 38.6 Å². The van der Waals surface area contributed by atoms with E-state index in [1.54, 1.807) is 12.1 Å². The molecule has 0 heterocycles. The second kappa shape index (κ2) is 5.91. The first-order valence-corrected chi connectivity index (χ1v) is 6.94. The first-order chi connectivity index (χ1) is 9.52. The summed E-state index contributed by atoms with van der Waals surface area (Å²) in [5.74, 6) is 0.784. The van der Waals surface area contributed by atoms with Crippen LogP contribution in [0, 0.1) is 27.4 Å². The van der Waals surface area contributed by atoms with Gasteiger partial charge >= 0.3 is 0 Å². The van der Waals surface area contributed by atoms with E-state index in [9.17, 15) is 10.1 Å². The first-order valence-electron chi connectivity index (χ1n) is 6.94. The molecule has 0 amide bonds. The van der Waals surface area contributed by atoms with Crippen LogP contribution in [-0.4, -0.2) is 18.0 Å². The molecule has 0 radical (unpaired) electrons. The van der Waals surface area contributed by atoms with Crippen LogP contribution in [0.5, 0.6) is 0 Å². The van der Waals surface area contributed by atoms with Gasteiger partial charge in [-0.05, 0) is 43.7 Å². The Balaban J connectivity index is 2.20. The fraction of sp³-hybridized carbons (Fsp3) is 0.533. The summed E-state index contributed by atoms with van der Waals surface area (Å²) in [6.07, 6.45) is 4.70. The van der Waals surface area contributed by atoms with Gasteiger partial charge in [0, 0.05) is 24.8 Å². The molecule has 0 spiro atoms. The van der Waals surface area contributed by atoms with Crippen LogP contribution in [0.4, 0.5) is 11.4 Å². The second-order valence-electron chi connectivity index (χ2n) is 5.59. The van der Waals surface area contributed by atoms with E-state index in [1.807, 2.05) is 13.1 Å². The number of anilines is 1. The summed E-state index contributed by atoms with van der Waals surface area (Å²) in [5, 5.41) is 19.9. The highest BCUT2D eigenvalue weighted by molar-refractivity contribution is 5.60. The van der Waals surface area contributed by atoms with Gasteiger partial charge in [0.2, 0.25) is 0 Å². The number of hydrogen-bond donors (Lipinski definition) is 0. The number of nitro groups is 1. The Morgan fingerprint density at radius 2 is 2.00 bits per heavy atom. The Bertz CT molecular complexity index is 543. The third-order valence-corrected chi connectivity index (χ3v) is 4.24. The van der Waals surface area contributed by atoms with E-state index in [-0.39, 0.29) is 11.3 Å². The molecule has 0 aliphatic heterocycles. The van der Waals surface area contributed by atoms with Crippen LogP contribution in [0.15, 0.2) is 18.2 Å². The molecular weight excluding hydrogens is 254 g/mol. The molecule has 0 saturated heterocycles. The zero-order valence-corrected chi connectivity index (χ0v) is 11.9. The summed E-state index contributed by atoms with van der Waals surface area (Å²) in [5.41, 5.74) is 0.886. The van der Waals surface area contributed by atoms with Crippen molar-refractivity contribution in [3.8, 4) is 6.07 Å². The summed E-state index contributed by atoms with van der Waals surface area (Å²) in [6.45, 7) is 2.27. The lowest BCUT2D eigenvalue weighted by Gasteiger charge is -2.35. The topological polar surface area (TPSA) is 70.2 Å². The third kappa shape index (κ3) is 2.90. The van der Waals surface area contributed by atoms with E-state index in [1.165, 1.54) is 18.9 Å². The van der Waals surface area contributed by atoms with Gasteiger partial charge in [0.1, 0.15) is 11.6 Å². The van der Waals surface area contributed by atoms with Crippen molar-refractivity contribution in [1.82, 2.24) is 0 Å². The summed E-state index contributed by atoms with van der Waals surface area (Å²) < 4.78 is 0. The molecule has 106 valence electrons. The Labute approximate surface area is 119 Å². The highest BCUT2D eigenvalue weighted by atomic mass is 16.6. The smallest absolute Gasteiger partial charge is 0.287 e. The molecule has 1 aliphatic rings. The lowest BCUT2D eigenvalue weighted by Crippen LogP contribution is -2.34. The third-order valence-electron chi connectivity index (χ3n) is 4.24. The van der Waals surface area contributed by atoms with Crippen molar-refractivity contribution in [2.24, 2.45) is 5.92 Å². The van der Waals surface area contributed by atoms with Gasteiger partial charge in [-0.15, -0.1) is 0 Å². The number of rotatable bonds is 3. The molecule has 1 aromatic carbocycles. The molecule has 1 aliphatic carbocycles. The van der Waals surface area contributed by atoms with Gasteiger partial charge in [-0.3, -0.25) is 10.1 Å². The summed E-state index contributed by atoms with van der Waals surface area (Å²) in [4.78, 5) is 12.5. The molecule has 2 rings (SSSR count). The molecule has 0 atom stereocenters. The number of nitriles is 1. The standard InChI is InChI=1S/C15H19N3O2/c1-11-3-5-13(6-4-11)17(2)14-7-8-15(18(19)20)12(9-14)10-16/h7-9,11,13H,3-6H2,1-2H3. The van der Waals surface area contributed by atoms with Crippen LogP contribution in [0.1, 0.15) is 38.2 Å². The van der Waals surface area contributed by atoms with Crippen molar-refractivity contribution in [3.05, 3.63) is 33.9 Å². The van der Waals surface area contributed by atoms with Crippen molar-refractivity contribution < 1.29 is 4.92 Å². The SMILES string of the molecule is CC1CCC(N(C)c2ccc([N+](=O)[O-])c(C#N)c2)CC1. The van der Waals surface area contributed by atoms with Crippen molar-refractivity contribution in [1.29, 1.82) is 5.26 Å². The lowest BCUT2D eigenvalue weighted by atomic mass is 9.86. The molecule has 1 fully saturated rings. The Kier molecular flexibility index (Phi) is 4.23. The van der Waals surface area contributed by atoms with Crippen LogP contribution in [0.3, 0.4) is 0 Å². The summed E-state index contributed by atoms with van der Waals surface area (Å²) in [6, 6.07) is 7.15. The Morgan fingerprint density at radius 1 is 1.35 bits per heavy atom. The molecule has 5 nitrogen and oxygen atoms in total. The van der Waals surface area contributed by atoms with Crippen LogP contribution in [0.25, 0.3) is 0 Å². The molecule has 1 saturated carbocycles. The zero-order chi connectivity index (χ0) is 14.7. The van der Waals surface area contributed by atoms with E-state index >= 15 is 0 Å². The van der Waals surface area contributed by atoms with Crippen LogP contribution in [-0.2, 0) is 0 Å². The molecule has 0 unspecified atom stereocenters. The van der Waals surface area contributed by atoms with E-state index in [0.717, 1.165) is 24.4 Å². The molecule has 20 heavy (non-hydrogen) atoms. The average molecular weight is 273 g/mol. The van der Waals surface area contributed by atoms with E-state index in [4.69, 9.17) is 5.26 Å². The lowest BCUT2D eigenvalue weighted by molar-refractivity contribution is -0.385. The van der Waals surface area contributed by atoms with Gasteiger partial charge in [0.05, 0.1) is 4.92 Å². The van der Waals surface area contributed by atoms with Gasteiger partial charge in [-0.25, -0.2) is 0 Å². The van der Waals surface area contributed by atoms with Crippen LogP contribution in [0.2, 0.25) is 0 Å². The van der Waals surface area contributed by atoms with E-state index in [0.29, 0.717) is 6.04 Å². The number of nitro benzene ring substituents is 1. The molecule has 5 heteroatoms. The summed E-state index contributed by atoms with van der Waals surface area (Å²) >= 11 is 0. The van der Waals surface area contributed by atoms with Crippen molar-refractivity contribution in [2.75, 3.05) is 11.9 Å². The van der Waals surface area contributed by atoms with E-state index in [2.05, 4.69) is 11.8 Å². The minimum atomic E-state index is -0.509. The highest BCUT2D eigenvalue weighted by Gasteiger charge is 2.23. The molecule has 1 aromatic rings. The van der Waals surface area contributed by atoms with Gasteiger partial charge < -0.3 is 4.90 Å². The number of nitrogens with zero attached hydrogens (tertiary/aromatic N) is 3. The van der Waals surface area contributed by atoms with Crippen molar-refractivity contribution >= 4 is 11.4 Å². The number of hydrogen-bond acceptors (Lipinski definition) is 4. The van der Waals surface area contributed by atoms with Crippen LogP contribution >= 0.6 is 0 Å². The fourth-order valence-electron chi connectivity index (χ4n) is 2.83. The largest absolute Gasteiger partial charge is 0.372 e. The molecule has 0 aromatic heterocycles. The minimum Gasteiger partial charge on any atom is -0.372 e. The van der Waals surface area contributed by atoms with Gasteiger partial charge in [0.15, 0.2) is 0 Å². The quantitative estimate of drug-likeness (QED) is 0.624. The van der Waals surface area contributed by atoms with E-state index < -0.39 is 4.92 Å². The fourth-order valence-corrected chi connectivity index (χ4v) is 2.83. The highest BCUT2D eigenvalue weighted by Crippen LogP contribution is 2.31. The Morgan fingerprint density at radius 3 is 2.55 bits per heavy atom. The average Bonchev–Trinajstić information content (AvgIpc) is 2.46. The minimum absolute atomic E-state index is 0.123. The predicted molar refractivity (Wildman–Crippen MR) is 77.6 cm³/mol. The monoisotopic (exact) mass is 273 g/mol. The first kappa shape index (κ1) is 14.3. The second-order valence-corrected chi connectivity index (χ2v) is 5.59. The summed E-state index contributed by atoms with van der Waals surface area (Å²) in [7, 11) is 2.00. The van der Waals surface area contributed by atoms with Crippen LogP contribution < -0.4 is 4.90 Å². The maximum absolute atomic E-state index is 10.8. The number of benzene rings is 1. The zero-order valence-electron chi connectivity index (χ0n) is 11.9. The van der Waals surface area contributed by atoms with Crippen molar-refractivity contribution in [3.63, 3.8) is 0 Å². The maximum atomic E-state index is 10.8. The molecule has 0 bridgehead atoms. The Hall–Kier alpha value is -2.09. The maximum Gasteiger partial charge on any atom is 0.287 e. The van der Waals surface area contributed by atoms with Gasteiger partial charge in [-0.1, -0.05) is 6.92 Å². The molecular formula is C15H19N3O2. The normalized spacial score (nSPS) is 22.1. The molecule has 0 N–H and O–H groups in total. The van der Waals surface area contributed by atoms with Gasteiger partial charge in [-0.2, -0.15) is 5.26 Å².